The lowest BCUT2D eigenvalue weighted by Crippen LogP contribution is -2.16. The minimum absolute atomic E-state index is 0.00550. The number of aryl methyl sites for hydroxylation is 2. The number of thiazole rings is 1. The molecule has 0 fully saturated rings. The summed E-state index contributed by atoms with van der Waals surface area (Å²) in [5.41, 5.74) is 1.85. The molecule has 0 saturated carbocycles. The fourth-order valence-corrected chi connectivity index (χ4v) is 3.82. The lowest BCUT2D eigenvalue weighted by molar-refractivity contribution is -0.115. The maximum absolute atomic E-state index is 12.4. The summed E-state index contributed by atoms with van der Waals surface area (Å²) < 4.78 is 27.1. The van der Waals surface area contributed by atoms with Gasteiger partial charge in [0.05, 0.1) is 22.0 Å². The van der Waals surface area contributed by atoms with Gasteiger partial charge in [0.15, 0.2) is 0 Å². The zero-order valence-corrected chi connectivity index (χ0v) is 16.3. The molecule has 0 saturated heterocycles. The van der Waals surface area contributed by atoms with Crippen molar-refractivity contribution in [1.29, 1.82) is 0 Å². The van der Waals surface area contributed by atoms with Gasteiger partial charge in [-0.2, -0.15) is 0 Å². The van der Waals surface area contributed by atoms with Gasteiger partial charge in [0.2, 0.25) is 11.9 Å². The Bertz CT molecular complexity index is 1060. The van der Waals surface area contributed by atoms with E-state index < -0.39 is 10.0 Å². The molecule has 0 aliphatic heterocycles. The topological polar surface area (TPSA) is 114 Å². The van der Waals surface area contributed by atoms with Crippen LogP contribution in [-0.4, -0.2) is 29.3 Å². The van der Waals surface area contributed by atoms with Gasteiger partial charge in [0, 0.05) is 23.0 Å². The highest BCUT2D eigenvalue weighted by molar-refractivity contribution is 7.92. The first-order valence-corrected chi connectivity index (χ1v) is 10.3. The zero-order chi connectivity index (χ0) is 19.4. The smallest absolute Gasteiger partial charge is 0.264 e. The Balaban J connectivity index is 1.66. The van der Waals surface area contributed by atoms with Crippen LogP contribution in [-0.2, 0) is 21.2 Å². The molecule has 0 aliphatic carbocycles. The number of amides is 1. The predicted octanol–water partition coefficient (Wildman–Crippen LogP) is 2.53. The molecule has 0 radical (unpaired) electrons. The molecule has 2 aromatic heterocycles. The Morgan fingerprint density at radius 1 is 1.11 bits per heavy atom. The standard InChI is InChI=1S/C17H17N5O3S2/c1-11-7-8-18-17(19-11)22-27(24,25)15-5-3-13(4-6-15)21-16(23)9-14-10-26-12(2)20-14/h3-8,10H,9H2,1-2H3,(H,21,23)(H,18,19,22). The van der Waals surface area contributed by atoms with E-state index in [2.05, 4.69) is 25.0 Å². The molecule has 1 amide bonds. The second kappa shape index (κ2) is 7.80. The second-order valence-electron chi connectivity index (χ2n) is 5.73. The first-order chi connectivity index (χ1) is 12.8. The third-order valence-corrected chi connectivity index (χ3v) is 5.64. The summed E-state index contributed by atoms with van der Waals surface area (Å²) in [5.74, 6) is -0.215. The molecule has 0 unspecified atom stereocenters. The predicted molar refractivity (Wildman–Crippen MR) is 103 cm³/mol. The Morgan fingerprint density at radius 2 is 1.85 bits per heavy atom. The van der Waals surface area contributed by atoms with Crippen molar-refractivity contribution in [3.8, 4) is 0 Å². The molecule has 27 heavy (non-hydrogen) atoms. The van der Waals surface area contributed by atoms with E-state index in [9.17, 15) is 13.2 Å². The number of benzene rings is 1. The van der Waals surface area contributed by atoms with Crippen LogP contribution in [0.2, 0.25) is 0 Å². The largest absolute Gasteiger partial charge is 0.326 e. The van der Waals surface area contributed by atoms with E-state index in [0.717, 1.165) is 5.01 Å². The minimum Gasteiger partial charge on any atom is -0.326 e. The normalized spacial score (nSPS) is 11.2. The minimum atomic E-state index is -3.82. The molecule has 0 spiro atoms. The monoisotopic (exact) mass is 403 g/mol. The van der Waals surface area contributed by atoms with E-state index in [0.29, 0.717) is 17.1 Å². The molecule has 140 valence electrons. The maximum atomic E-state index is 12.4. The molecule has 2 heterocycles. The fourth-order valence-electron chi connectivity index (χ4n) is 2.25. The molecule has 2 N–H and O–H groups in total. The molecule has 3 aromatic rings. The quantitative estimate of drug-likeness (QED) is 0.654. The number of hydrogen-bond acceptors (Lipinski definition) is 7. The van der Waals surface area contributed by atoms with Gasteiger partial charge in [-0.3, -0.25) is 4.79 Å². The zero-order valence-electron chi connectivity index (χ0n) is 14.6. The average molecular weight is 403 g/mol. The Labute approximate surface area is 160 Å². The lowest BCUT2D eigenvalue weighted by Gasteiger charge is -2.08. The van der Waals surface area contributed by atoms with Gasteiger partial charge in [-0.05, 0) is 44.2 Å². The van der Waals surface area contributed by atoms with Crippen molar-refractivity contribution in [2.45, 2.75) is 25.2 Å². The molecule has 0 bridgehead atoms. The van der Waals surface area contributed by atoms with Gasteiger partial charge in [-0.1, -0.05) is 0 Å². The highest BCUT2D eigenvalue weighted by atomic mass is 32.2. The summed E-state index contributed by atoms with van der Waals surface area (Å²) in [4.78, 5) is 24.2. The molecular weight excluding hydrogens is 386 g/mol. The van der Waals surface area contributed by atoms with E-state index in [1.165, 1.54) is 41.8 Å². The van der Waals surface area contributed by atoms with Crippen molar-refractivity contribution in [1.82, 2.24) is 15.0 Å². The third-order valence-electron chi connectivity index (χ3n) is 3.48. The number of nitrogens with zero attached hydrogens (tertiary/aromatic N) is 3. The number of sulfonamides is 1. The van der Waals surface area contributed by atoms with Crippen LogP contribution in [0.3, 0.4) is 0 Å². The number of carbonyl (C=O) groups excluding carboxylic acids is 1. The Kier molecular flexibility index (Phi) is 5.47. The van der Waals surface area contributed by atoms with Crippen molar-refractivity contribution in [3.63, 3.8) is 0 Å². The Morgan fingerprint density at radius 3 is 2.48 bits per heavy atom. The Hall–Kier alpha value is -2.85. The van der Waals surface area contributed by atoms with E-state index in [-0.39, 0.29) is 23.2 Å². The van der Waals surface area contributed by atoms with Crippen LogP contribution in [0.1, 0.15) is 16.4 Å². The van der Waals surface area contributed by atoms with Crippen LogP contribution in [0.15, 0.2) is 46.8 Å². The first-order valence-electron chi connectivity index (χ1n) is 7.95. The fraction of sp³-hybridized carbons (Fsp3) is 0.176. The van der Waals surface area contributed by atoms with E-state index in [1.807, 2.05) is 12.3 Å². The average Bonchev–Trinajstić information content (AvgIpc) is 2.99. The first kappa shape index (κ1) is 18.9. The van der Waals surface area contributed by atoms with Crippen LogP contribution in [0.25, 0.3) is 0 Å². The second-order valence-corrected chi connectivity index (χ2v) is 8.48. The highest BCUT2D eigenvalue weighted by Crippen LogP contribution is 2.17. The SMILES string of the molecule is Cc1ccnc(NS(=O)(=O)c2ccc(NC(=O)Cc3csc(C)n3)cc2)n1. The van der Waals surface area contributed by atoms with Gasteiger partial charge in [-0.25, -0.2) is 28.1 Å². The molecule has 8 nitrogen and oxygen atoms in total. The van der Waals surface area contributed by atoms with Gasteiger partial charge >= 0.3 is 0 Å². The molecule has 0 aliphatic rings. The summed E-state index contributed by atoms with van der Waals surface area (Å²) in [5, 5.41) is 5.46. The van der Waals surface area contributed by atoms with Gasteiger partial charge < -0.3 is 5.32 Å². The number of aromatic nitrogens is 3. The summed E-state index contributed by atoms with van der Waals surface area (Å²) >= 11 is 1.48. The number of rotatable bonds is 6. The van der Waals surface area contributed by atoms with Gasteiger partial charge in [-0.15, -0.1) is 11.3 Å². The number of nitrogens with one attached hydrogen (secondary N) is 2. The lowest BCUT2D eigenvalue weighted by atomic mass is 10.3. The van der Waals surface area contributed by atoms with Crippen LogP contribution in [0, 0.1) is 13.8 Å². The summed E-state index contributed by atoms with van der Waals surface area (Å²) in [7, 11) is -3.82. The molecule has 1 aromatic carbocycles. The third kappa shape index (κ3) is 5.08. The maximum Gasteiger partial charge on any atom is 0.264 e. The van der Waals surface area contributed by atoms with E-state index in [4.69, 9.17) is 0 Å². The van der Waals surface area contributed by atoms with Crippen LogP contribution in [0.4, 0.5) is 11.6 Å². The number of anilines is 2. The highest BCUT2D eigenvalue weighted by Gasteiger charge is 2.16. The van der Waals surface area contributed by atoms with Crippen LogP contribution < -0.4 is 10.0 Å². The van der Waals surface area contributed by atoms with Crippen molar-refractivity contribution < 1.29 is 13.2 Å². The summed E-state index contributed by atoms with van der Waals surface area (Å²) in [6.07, 6.45) is 1.64. The van der Waals surface area contributed by atoms with Crippen LogP contribution >= 0.6 is 11.3 Å². The number of carbonyl (C=O) groups is 1. The van der Waals surface area contributed by atoms with Crippen molar-refractivity contribution in [3.05, 3.63) is 58.3 Å². The summed E-state index contributed by atoms with van der Waals surface area (Å²) in [6, 6.07) is 7.52. The molecular formula is C17H17N5O3S2. The van der Waals surface area contributed by atoms with Gasteiger partial charge in [0.25, 0.3) is 10.0 Å². The van der Waals surface area contributed by atoms with Crippen molar-refractivity contribution in [2.24, 2.45) is 0 Å². The molecule has 0 atom stereocenters. The van der Waals surface area contributed by atoms with E-state index in [1.54, 1.807) is 13.0 Å². The summed E-state index contributed by atoms with van der Waals surface area (Å²) in [6.45, 7) is 3.62. The van der Waals surface area contributed by atoms with Gasteiger partial charge in [0.1, 0.15) is 0 Å². The molecule has 3 rings (SSSR count). The molecule has 10 heteroatoms. The van der Waals surface area contributed by atoms with Crippen LogP contribution in [0.5, 0.6) is 0 Å². The van der Waals surface area contributed by atoms with Crippen molar-refractivity contribution >= 4 is 38.9 Å². The van der Waals surface area contributed by atoms with E-state index >= 15 is 0 Å². The van der Waals surface area contributed by atoms with Crippen molar-refractivity contribution in [2.75, 3.05) is 10.0 Å². The number of hydrogen-bond donors (Lipinski definition) is 2.